The molecule has 3 rings (SSSR count). The molecule has 29 heavy (non-hydrogen) atoms. The van der Waals surface area contributed by atoms with Crippen molar-refractivity contribution in [2.24, 2.45) is 0 Å². The van der Waals surface area contributed by atoms with E-state index in [2.05, 4.69) is 5.32 Å². The van der Waals surface area contributed by atoms with Crippen LogP contribution < -0.4 is 5.32 Å². The molecule has 2 aromatic carbocycles. The van der Waals surface area contributed by atoms with E-state index in [1.807, 2.05) is 0 Å². The average molecular weight is 398 g/mol. The topological polar surface area (TPSA) is 119 Å². The Hall–Kier alpha value is -3.49. The van der Waals surface area contributed by atoms with Gasteiger partial charge in [0.1, 0.15) is 5.69 Å². The summed E-state index contributed by atoms with van der Waals surface area (Å²) in [4.78, 5) is 35.8. The lowest BCUT2D eigenvalue weighted by Crippen LogP contribution is -2.38. The predicted octanol–water partition coefficient (Wildman–Crippen LogP) is 4.65. The molecule has 0 radical (unpaired) electrons. The number of carbonyl (C=O) groups is 1. The molecule has 0 bridgehead atoms. The van der Waals surface area contributed by atoms with E-state index >= 15 is 0 Å². The molecule has 1 saturated carbocycles. The van der Waals surface area contributed by atoms with Crippen LogP contribution in [0.3, 0.4) is 0 Å². The molecule has 152 valence electrons. The molecule has 1 amide bonds. The van der Waals surface area contributed by atoms with Crippen LogP contribution in [0.5, 0.6) is 0 Å². The molecule has 0 saturated heterocycles. The maximum Gasteiger partial charge on any atom is 0.299 e. The van der Waals surface area contributed by atoms with Gasteiger partial charge in [0.2, 0.25) is 0 Å². The number of amides is 1. The Bertz CT molecular complexity index is 940. The van der Waals surface area contributed by atoms with Crippen LogP contribution in [0.1, 0.15) is 42.5 Å². The largest absolute Gasteiger partial charge is 0.349 e. The molecule has 1 fully saturated rings. The number of nitro benzene ring substituents is 2. The summed E-state index contributed by atoms with van der Waals surface area (Å²) in [6, 6.07) is 10.3. The molecule has 1 aliphatic carbocycles. The number of para-hydroxylation sites is 1. The highest BCUT2D eigenvalue weighted by molar-refractivity contribution is 6.00. The van der Waals surface area contributed by atoms with Crippen LogP contribution in [0.2, 0.25) is 0 Å². The number of nitro groups is 2. The van der Waals surface area contributed by atoms with Gasteiger partial charge in [-0.1, -0.05) is 31.4 Å². The highest BCUT2D eigenvalue weighted by Gasteiger charge is 2.26. The Morgan fingerprint density at radius 3 is 2.34 bits per heavy atom. The van der Waals surface area contributed by atoms with Crippen molar-refractivity contribution >= 4 is 28.7 Å². The van der Waals surface area contributed by atoms with Crippen molar-refractivity contribution in [1.29, 1.82) is 0 Å². The van der Waals surface area contributed by atoms with Gasteiger partial charge in [0.05, 0.1) is 27.2 Å². The lowest BCUT2D eigenvalue weighted by atomic mass is 9.94. The van der Waals surface area contributed by atoms with Gasteiger partial charge in [0, 0.05) is 19.2 Å². The highest BCUT2D eigenvalue weighted by atomic mass is 16.6. The van der Waals surface area contributed by atoms with Gasteiger partial charge in [-0.05, 0) is 31.0 Å². The molecular formula is C20H22N4O5. The Morgan fingerprint density at radius 2 is 1.69 bits per heavy atom. The van der Waals surface area contributed by atoms with E-state index in [1.165, 1.54) is 18.6 Å². The number of hydrogen-bond acceptors (Lipinski definition) is 6. The van der Waals surface area contributed by atoms with Crippen LogP contribution >= 0.6 is 0 Å². The monoisotopic (exact) mass is 398 g/mol. The zero-order valence-electron chi connectivity index (χ0n) is 16.0. The third-order valence-corrected chi connectivity index (χ3v) is 5.26. The molecule has 0 spiro atoms. The van der Waals surface area contributed by atoms with Crippen LogP contribution in [0.25, 0.3) is 0 Å². The summed E-state index contributed by atoms with van der Waals surface area (Å²) in [5.41, 5.74) is 0.0947. The van der Waals surface area contributed by atoms with Gasteiger partial charge in [0.25, 0.3) is 17.3 Å². The standard InChI is InChI=1S/C20H22N4O5/c1-22(14-7-3-2-4-8-14)20(25)16-9-5-6-10-17(16)21-18-12-11-15(23(26)27)13-19(18)24(28)29/h5-6,9-14,21H,2-4,7-8H2,1H3. The Labute approximate surface area is 167 Å². The molecule has 0 atom stereocenters. The first kappa shape index (κ1) is 20.2. The molecule has 0 aliphatic heterocycles. The molecule has 0 heterocycles. The lowest BCUT2D eigenvalue weighted by Gasteiger charge is -2.31. The van der Waals surface area contributed by atoms with Crippen LogP contribution in [-0.4, -0.2) is 33.7 Å². The van der Waals surface area contributed by atoms with Crippen molar-refractivity contribution in [3.63, 3.8) is 0 Å². The minimum absolute atomic E-state index is 0.0844. The summed E-state index contributed by atoms with van der Waals surface area (Å²) in [5.74, 6) is -0.162. The molecule has 0 aromatic heterocycles. The second-order valence-electron chi connectivity index (χ2n) is 7.09. The molecule has 1 aliphatic rings. The minimum Gasteiger partial charge on any atom is -0.349 e. The molecule has 2 aromatic rings. The molecular weight excluding hydrogens is 376 g/mol. The van der Waals surface area contributed by atoms with Gasteiger partial charge in [0.15, 0.2) is 0 Å². The van der Waals surface area contributed by atoms with Gasteiger partial charge in [-0.2, -0.15) is 0 Å². The second-order valence-corrected chi connectivity index (χ2v) is 7.09. The highest BCUT2D eigenvalue weighted by Crippen LogP contribution is 2.33. The SMILES string of the molecule is CN(C(=O)c1ccccc1Nc1ccc([N+](=O)[O-])cc1[N+](=O)[O-])C1CCCCC1. The molecule has 9 heteroatoms. The van der Waals surface area contributed by atoms with Crippen LogP contribution in [0.15, 0.2) is 42.5 Å². The van der Waals surface area contributed by atoms with Crippen molar-refractivity contribution in [2.75, 3.05) is 12.4 Å². The first-order valence-electron chi connectivity index (χ1n) is 9.44. The number of anilines is 2. The fourth-order valence-electron chi connectivity index (χ4n) is 3.64. The van der Waals surface area contributed by atoms with Gasteiger partial charge in [-0.3, -0.25) is 25.0 Å². The fourth-order valence-corrected chi connectivity index (χ4v) is 3.64. The van der Waals surface area contributed by atoms with Crippen LogP contribution in [-0.2, 0) is 0 Å². The van der Waals surface area contributed by atoms with Crippen LogP contribution in [0.4, 0.5) is 22.7 Å². The van der Waals surface area contributed by atoms with Gasteiger partial charge in [-0.15, -0.1) is 0 Å². The van der Waals surface area contributed by atoms with E-state index in [9.17, 15) is 25.0 Å². The van der Waals surface area contributed by atoms with Crippen LogP contribution in [0, 0.1) is 20.2 Å². The Kier molecular flexibility index (Phi) is 6.06. The lowest BCUT2D eigenvalue weighted by molar-refractivity contribution is -0.393. The summed E-state index contributed by atoms with van der Waals surface area (Å²) < 4.78 is 0. The van der Waals surface area contributed by atoms with E-state index in [0.717, 1.165) is 31.7 Å². The van der Waals surface area contributed by atoms with Crippen molar-refractivity contribution in [3.05, 3.63) is 68.3 Å². The number of nitrogens with zero attached hydrogens (tertiary/aromatic N) is 3. The predicted molar refractivity (Wildman–Crippen MR) is 108 cm³/mol. The minimum atomic E-state index is -0.687. The molecule has 9 nitrogen and oxygen atoms in total. The summed E-state index contributed by atoms with van der Waals surface area (Å²) >= 11 is 0. The van der Waals surface area contributed by atoms with Crippen molar-refractivity contribution < 1.29 is 14.6 Å². The third-order valence-electron chi connectivity index (χ3n) is 5.26. The van der Waals surface area contributed by atoms with Crippen molar-refractivity contribution in [1.82, 2.24) is 4.90 Å². The van der Waals surface area contributed by atoms with Gasteiger partial charge >= 0.3 is 0 Å². The van der Waals surface area contributed by atoms with E-state index in [4.69, 9.17) is 0 Å². The second kappa shape index (κ2) is 8.68. The summed E-state index contributed by atoms with van der Waals surface area (Å²) in [5, 5.41) is 25.2. The molecule has 1 N–H and O–H groups in total. The summed E-state index contributed by atoms with van der Waals surface area (Å²) in [7, 11) is 1.78. The van der Waals surface area contributed by atoms with E-state index < -0.39 is 15.5 Å². The van der Waals surface area contributed by atoms with Gasteiger partial charge in [-0.25, -0.2) is 0 Å². The molecule has 0 unspecified atom stereocenters. The normalized spacial score (nSPS) is 14.2. The first-order chi connectivity index (χ1) is 13.9. The number of non-ortho nitro benzene ring substituents is 1. The van der Waals surface area contributed by atoms with Crippen molar-refractivity contribution in [2.45, 2.75) is 38.1 Å². The average Bonchev–Trinajstić information content (AvgIpc) is 2.73. The third kappa shape index (κ3) is 4.50. The van der Waals surface area contributed by atoms with E-state index in [1.54, 1.807) is 36.2 Å². The van der Waals surface area contributed by atoms with E-state index in [-0.39, 0.29) is 23.3 Å². The number of rotatable bonds is 6. The van der Waals surface area contributed by atoms with Crippen molar-refractivity contribution in [3.8, 4) is 0 Å². The van der Waals surface area contributed by atoms with Gasteiger partial charge < -0.3 is 10.2 Å². The maximum atomic E-state index is 13.1. The summed E-state index contributed by atoms with van der Waals surface area (Å²) in [6.45, 7) is 0. The maximum absolute atomic E-state index is 13.1. The Morgan fingerprint density at radius 1 is 1.00 bits per heavy atom. The number of carbonyl (C=O) groups excluding carboxylic acids is 1. The number of hydrogen-bond donors (Lipinski definition) is 1. The number of benzene rings is 2. The van der Waals surface area contributed by atoms with E-state index in [0.29, 0.717) is 11.3 Å². The zero-order valence-corrected chi connectivity index (χ0v) is 16.0. The fraction of sp³-hybridized carbons (Fsp3) is 0.350. The smallest absolute Gasteiger partial charge is 0.299 e. The quantitative estimate of drug-likeness (QED) is 0.559. The first-order valence-corrected chi connectivity index (χ1v) is 9.44. The zero-order chi connectivity index (χ0) is 21.0. The summed E-state index contributed by atoms with van der Waals surface area (Å²) in [6.07, 6.45) is 5.30. The number of nitrogens with one attached hydrogen (secondary N) is 1. The Balaban J connectivity index is 1.90.